The molecule has 1 aliphatic rings. The molecule has 0 radical (unpaired) electrons. The molecular weight excluding hydrogens is 322 g/mol. The van der Waals surface area contributed by atoms with E-state index in [-0.39, 0.29) is 12.1 Å². The molecule has 2 aromatic rings. The van der Waals surface area contributed by atoms with Crippen LogP contribution in [0.4, 0.5) is 0 Å². The quantitative estimate of drug-likeness (QED) is 0.618. The molecule has 1 atom stereocenters. The van der Waals surface area contributed by atoms with E-state index in [9.17, 15) is 4.79 Å². The van der Waals surface area contributed by atoms with Crippen LogP contribution in [0.2, 0.25) is 5.02 Å². The van der Waals surface area contributed by atoms with Crippen LogP contribution in [0.1, 0.15) is 19.8 Å². The topological polar surface area (TPSA) is 57.0 Å². The monoisotopic (exact) mass is 337 g/mol. The molecule has 3 rings (SSSR count). The van der Waals surface area contributed by atoms with Crippen molar-refractivity contribution in [3.63, 3.8) is 0 Å². The van der Waals surface area contributed by atoms with Gasteiger partial charge >= 0.3 is 5.97 Å². The normalized spacial score (nSPS) is 17.7. The first kappa shape index (κ1) is 15.4. The van der Waals surface area contributed by atoms with E-state index in [1.807, 2.05) is 28.8 Å². The van der Waals surface area contributed by atoms with Crippen molar-refractivity contribution in [3.05, 3.63) is 29.3 Å². The Morgan fingerprint density at radius 3 is 3.00 bits per heavy atom. The molecule has 0 saturated carbocycles. The third kappa shape index (κ3) is 3.28. The Morgan fingerprint density at radius 2 is 2.32 bits per heavy atom. The highest BCUT2D eigenvalue weighted by Gasteiger charge is 2.24. The average Bonchev–Trinajstić information content (AvgIpc) is 3.10. The summed E-state index contributed by atoms with van der Waals surface area (Å²) in [5, 5.41) is 10.1. The molecule has 0 unspecified atom stereocenters. The Balaban J connectivity index is 1.77. The molecule has 1 fully saturated rings. The Hall–Kier alpha value is -1.53. The summed E-state index contributed by atoms with van der Waals surface area (Å²) in [6.45, 7) is 2.82. The van der Waals surface area contributed by atoms with E-state index in [0.29, 0.717) is 17.2 Å². The van der Waals surface area contributed by atoms with Crippen LogP contribution < -0.4 is 0 Å². The Labute approximate surface area is 138 Å². The van der Waals surface area contributed by atoms with Crippen LogP contribution in [-0.2, 0) is 16.1 Å². The first-order valence-electron chi connectivity index (χ1n) is 7.18. The number of halogens is 1. The predicted octanol–water partition coefficient (Wildman–Crippen LogP) is 3.42. The van der Waals surface area contributed by atoms with Crippen molar-refractivity contribution in [2.45, 2.75) is 37.6 Å². The van der Waals surface area contributed by atoms with E-state index >= 15 is 0 Å². The van der Waals surface area contributed by atoms with Crippen molar-refractivity contribution in [1.29, 1.82) is 0 Å². The van der Waals surface area contributed by atoms with Gasteiger partial charge < -0.3 is 9.30 Å². The lowest BCUT2D eigenvalue weighted by molar-refractivity contribution is -0.140. The molecule has 0 spiro atoms. The van der Waals surface area contributed by atoms with Crippen molar-refractivity contribution >= 4 is 29.3 Å². The third-order valence-electron chi connectivity index (χ3n) is 3.48. The number of hydrogen-bond acceptors (Lipinski definition) is 5. The molecule has 1 saturated heterocycles. The molecular formula is C15H16ClN3O2S. The standard InChI is InChI=1S/C15H16ClN3O2S/c1-2-19-14(10-4-3-5-11(16)8-10)17-18-15(19)22-9-12-6-7-13(20)21-12/h3-5,8,12H,2,6-7,9H2,1H3/t12-/m0/s1. The molecule has 5 nitrogen and oxygen atoms in total. The van der Waals surface area contributed by atoms with Gasteiger partial charge in [-0.2, -0.15) is 0 Å². The van der Waals surface area contributed by atoms with Gasteiger partial charge in [-0.25, -0.2) is 0 Å². The molecule has 0 bridgehead atoms. The van der Waals surface area contributed by atoms with E-state index in [1.54, 1.807) is 11.8 Å². The fraction of sp³-hybridized carbons (Fsp3) is 0.400. The SMILES string of the molecule is CCn1c(SC[C@@H]2CCC(=O)O2)nnc1-c1cccc(Cl)c1. The number of esters is 1. The zero-order valence-corrected chi connectivity index (χ0v) is 13.7. The number of cyclic esters (lactones) is 1. The molecule has 2 heterocycles. The molecule has 1 aliphatic heterocycles. The van der Waals surface area contributed by atoms with Gasteiger partial charge in [0.1, 0.15) is 6.10 Å². The number of ether oxygens (including phenoxy) is 1. The van der Waals surface area contributed by atoms with Crippen LogP contribution >= 0.6 is 23.4 Å². The summed E-state index contributed by atoms with van der Waals surface area (Å²) >= 11 is 7.62. The molecule has 1 aromatic carbocycles. The first-order chi connectivity index (χ1) is 10.7. The second-order valence-corrected chi connectivity index (χ2v) is 6.45. The zero-order chi connectivity index (χ0) is 15.5. The zero-order valence-electron chi connectivity index (χ0n) is 12.2. The van der Waals surface area contributed by atoms with Crippen molar-refractivity contribution < 1.29 is 9.53 Å². The van der Waals surface area contributed by atoms with E-state index in [0.717, 1.165) is 29.5 Å². The van der Waals surface area contributed by atoms with Crippen LogP contribution in [0.5, 0.6) is 0 Å². The number of rotatable bonds is 5. The number of carbonyl (C=O) groups is 1. The van der Waals surface area contributed by atoms with E-state index in [2.05, 4.69) is 17.1 Å². The number of benzene rings is 1. The maximum atomic E-state index is 11.1. The Morgan fingerprint density at radius 1 is 1.45 bits per heavy atom. The van der Waals surface area contributed by atoms with Crippen LogP contribution in [0, 0.1) is 0 Å². The number of thioether (sulfide) groups is 1. The smallest absolute Gasteiger partial charge is 0.306 e. The van der Waals surface area contributed by atoms with Crippen LogP contribution in [0.25, 0.3) is 11.4 Å². The van der Waals surface area contributed by atoms with E-state index in [1.165, 1.54) is 0 Å². The van der Waals surface area contributed by atoms with Gasteiger partial charge in [-0.1, -0.05) is 35.5 Å². The van der Waals surface area contributed by atoms with Gasteiger partial charge in [-0.05, 0) is 25.5 Å². The number of aromatic nitrogens is 3. The first-order valence-corrected chi connectivity index (χ1v) is 8.55. The van der Waals surface area contributed by atoms with Crippen LogP contribution in [-0.4, -0.2) is 32.6 Å². The highest BCUT2D eigenvalue weighted by atomic mass is 35.5. The molecule has 7 heteroatoms. The second-order valence-electron chi connectivity index (χ2n) is 5.02. The summed E-state index contributed by atoms with van der Waals surface area (Å²) < 4.78 is 7.28. The van der Waals surface area contributed by atoms with Crippen LogP contribution in [0.15, 0.2) is 29.4 Å². The summed E-state index contributed by atoms with van der Waals surface area (Å²) in [5.41, 5.74) is 0.945. The highest BCUT2D eigenvalue weighted by molar-refractivity contribution is 7.99. The van der Waals surface area contributed by atoms with Gasteiger partial charge in [0, 0.05) is 29.3 Å². The fourth-order valence-electron chi connectivity index (χ4n) is 2.39. The summed E-state index contributed by atoms with van der Waals surface area (Å²) in [4.78, 5) is 11.1. The van der Waals surface area contributed by atoms with Gasteiger partial charge in [0.05, 0.1) is 0 Å². The summed E-state index contributed by atoms with van der Waals surface area (Å²) in [5.74, 6) is 1.40. The minimum Gasteiger partial charge on any atom is -0.461 e. The van der Waals surface area contributed by atoms with Gasteiger partial charge in [-0.15, -0.1) is 10.2 Å². The second kappa shape index (κ2) is 6.71. The van der Waals surface area contributed by atoms with Crippen molar-refractivity contribution in [2.24, 2.45) is 0 Å². The van der Waals surface area contributed by atoms with Gasteiger partial charge in [-0.3, -0.25) is 4.79 Å². The predicted molar refractivity (Wildman–Crippen MR) is 86.0 cm³/mol. The lowest BCUT2D eigenvalue weighted by atomic mass is 10.2. The molecule has 0 aliphatic carbocycles. The van der Waals surface area contributed by atoms with E-state index in [4.69, 9.17) is 16.3 Å². The van der Waals surface area contributed by atoms with Crippen molar-refractivity contribution in [3.8, 4) is 11.4 Å². The Kier molecular flexibility index (Phi) is 4.69. The van der Waals surface area contributed by atoms with Crippen LogP contribution in [0.3, 0.4) is 0 Å². The minimum absolute atomic E-state index is 0.0193. The minimum atomic E-state index is -0.109. The van der Waals surface area contributed by atoms with Gasteiger partial charge in [0.15, 0.2) is 11.0 Å². The molecule has 1 aromatic heterocycles. The molecule has 0 amide bonds. The van der Waals surface area contributed by atoms with Crippen molar-refractivity contribution in [1.82, 2.24) is 14.8 Å². The Bertz CT molecular complexity index is 689. The largest absolute Gasteiger partial charge is 0.461 e. The lowest BCUT2D eigenvalue weighted by Crippen LogP contribution is -2.10. The molecule has 0 N–H and O–H groups in total. The third-order valence-corrected chi connectivity index (χ3v) is 4.82. The summed E-state index contributed by atoms with van der Waals surface area (Å²) in [6.07, 6.45) is 1.28. The number of nitrogens with zero attached hydrogens (tertiary/aromatic N) is 3. The van der Waals surface area contributed by atoms with Gasteiger partial charge in [0.25, 0.3) is 0 Å². The van der Waals surface area contributed by atoms with Gasteiger partial charge in [0.2, 0.25) is 0 Å². The number of carbonyl (C=O) groups excluding carboxylic acids is 1. The maximum absolute atomic E-state index is 11.1. The number of hydrogen-bond donors (Lipinski definition) is 0. The van der Waals surface area contributed by atoms with Crippen molar-refractivity contribution in [2.75, 3.05) is 5.75 Å². The fourth-order valence-corrected chi connectivity index (χ4v) is 3.62. The summed E-state index contributed by atoms with van der Waals surface area (Å²) in [6, 6.07) is 7.58. The average molecular weight is 338 g/mol. The molecule has 22 heavy (non-hydrogen) atoms. The lowest BCUT2D eigenvalue weighted by Gasteiger charge is -2.10. The maximum Gasteiger partial charge on any atom is 0.306 e. The van der Waals surface area contributed by atoms with E-state index < -0.39 is 0 Å². The molecule has 116 valence electrons. The highest BCUT2D eigenvalue weighted by Crippen LogP contribution is 2.28. The summed E-state index contributed by atoms with van der Waals surface area (Å²) in [7, 11) is 0.